The van der Waals surface area contributed by atoms with Gasteiger partial charge in [0.2, 0.25) is 5.95 Å². The normalized spacial score (nSPS) is 10.4. The van der Waals surface area contributed by atoms with Crippen LogP contribution in [0.3, 0.4) is 0 Å². The Labute approximate surface area is 159 Å². The molecule has 0 radical (unpaired) electrons. The molecule has 6 nitrogen and oxygen atoms in total. The third-order valence-corrected chi connectivity index (χ3v) is 4.07. The van der Waals surface area contributed by atoms with Crippen LogP contribution in [0.25, 0.3) is 0 Å². The van der Waals surface area contributed by atoms with E-state index in [2.05, 4.69) is 20.6 Å². The number of ether oxygens (including phenoxy) is 2. The van der Waals surface area contributed by atoms with Crippen molar-refractivity contribution in [2.75, 3.05) is 24.9 Å². The standard InChI is InChI=1S/C21H24N4O2/c1-13-6-8-18(26-4)16(10-13)23-20-12-15(3)22-21(25-20)24-17-11-14(2)7-9-19(17)27-5/h6-12H,1-5H3,(H2,22,23,24,25). The van der Waals surface area contributed by atoms with Crippen molar-refractivity contribution >= 4 is 23.1 Å². The molecule has 6 heteroatoms. The summed E-state index contributed by atoms with van der Waals surface area (Å²) in [4.78, 5) is 9.08. The van der Waals surface area contributed by atoms with Crippen molar-refractivity contribution in [3.63, 3.8) is 0 Å². The van der Waals surface area contributed by atoms with Crippen LogP contribution in [0.5, 0.6) is 11.5 Å². The molecule has 0 amide bonds. The van der Waals surface area contributed by atoms with Crippen LogP contribution in [0, 0.1) is 20.8 Å². The SMILES string of the molecule is COc1ccc(C)cc1Nc1cc(C)nc(Nc2cc(C)ccc2OC)n1. The molecule has 0 aliphatic carbocycles. The van der Waals surface area contributed by atoms with Crippen molar-refractivity contribution in [2.24, 2.45) is 0 Å². The molecule has 0 fully saturated rings. The average molecular weight is 364 g/mol. The molecule has 3 aromatic rings. The summed E-state index contributed by atoms with van der Waals surface area (Å²) in [6, 6.07) is 13.8. The number of aromatic nitrogens is 2. The number of nitrogens with zero attached hydrogens (tertiary/aromatic N) is 2. The Morgan fingerprint density at radius 1 is 0.704 bits per heavy atom. The lowest BCUT2D eigenvalue weighted by atomic mass is 10.2. The molecule has 27 heavy (non-hydrogen) atoms. The topological polar surface area (TPSA) is 68.3 Å². The van der Waals surface area contributed by atoms with E-state index in [4.69, 9.17) is 9.47 Å². The van der Waals surface area contributed by atoms with Crippen molar-refractivity contribution in [3.05, 3.63) is 59.3 Å². The number of aryl methyl sites for hydroxylation is 3. The first-order chi connectivity index (χ1) is 13.0. The monoisotopic (exact) mass is 364 g/mol. The van der Waals surface area contributed by atoms with E-state index in [-0.39, 0.29) is 0 Å². The van der Waals surface area contributed by atoms with Crippen LogP contribution in [0.2, 0.25) is 0 Å². The van der Waals surface area contributed by atoms with Crippen molar-refractivity contribution in [1.29, 1.82) is 0 Å². The third-order valence-electron chi connectivity index (χ3n) is 4.07. The lowest BCUT2D eigenvalue weighted by Gasteiger charge is -2.14. The Hall–Kier alpha value is -3.28. The van der Waals surface area contributed by atoms with E-state index in [0.717, 1.165) is 39.7 Å². The summed E-state index contributed by atoms with van der Waals surface area (Å²) < 4.78 is 10.9. The molecule has 1 aromatic heterocycles. The predicted molar refractivity (Wildman–Crippen MR) is 109 cm³/mol. The highest BCUT2D eigenvalue weighted by molar-refractivity contribution is 5.68. The fourth-order valence-electron chi connectivity index (χ4n) is 2.79. The maximum Gasteiger partial charge on any atom is 0.229 e. The summed E-state index contributed by atoms with van der Waals surface area (Å²) in [6.07, 6.45) is 0. The Bertz CT molecular complexity index is 883. The molecule has 0 saturated heterocycles. The fraction of sp³-hybridized carbons (Fsp3) is 0.238. The lowest BCUT2D eigenvalue weighted by Crippen LogP contribution is -2.04. The highest BCUT2D eigenvalue weighted by atomic mass is 16.5. The van der Waals surface area contributed by atoms with Crippen molar-refractivity contribution in [1.82, 2.24) is 9.97 Å². The van der Waals surface area contributed by atoms with Gasteiger partial charge in [0, 0.05) is 11.8 Å². The van der Waals surface area contributed by atoms with E-state index >= 15 is 0 Å². The van der Waals surface area contributed by atoms with Crippen LogP contribution < -0.4 is 20.1 Å². The summed E-state index contributed by atoms with van der Waals surface area (Å²) in [5, 5.41) is 6.58. The van der Waals surface area contributed by atoms with Gasteiger partial charge in [0.25, 0.3) is 0 Å². The van der Waals surface area contributed by atoms with Crippen LogP contribution in [0.1, 0.15) is 16.8 Å². The smallest absolute Gasteiger partial charge is 0.229 e. The molecular formula is C21H24N4O2. The predicted octanol–water partition coefficient (Wildman–Crippen LogP) is 4.91. The molecule has 0 aliphatic heterocycles. The van der Waals surface area contributed by atoms with Gasteiger partial charge in [-0.3, -0.25) is 0 Å². The number of hydrogen-bond donors (Lipinski definition) is 2. The van der Waals surface area contributed by atoms with Crippen molar-refractivity contribution in [3.8, 4) is 11.5 Å². The third kappa shape index (κ3) is 4.47. The van der Waals surface area contributed by atoms with E-state index in [1.165, 1.54) is 0 Å². The van der Waals surface area contributed by atoms with Crippen LogP contribution in [-0.4, -0.2) is 24.2 Å². The van der Waals surface area contributed by atoms with Crippen molar-refractivity contribution in [2.45, 2.75) is 20.8 Å². The molecular weight excluding hydrogens is 340 g/mol. The van der Waals surface area contributed by atoms with Gasteiger partial charge in [-0.1, -0.05) is 12.1 Å². The van der Waals surface area contributed by atoms with Gasteiger partial charge in [-0.05, 0) is 56.2 Å². The number of methoxy groups -OCH3 is 2. The van der Waals surface area contributed by atoms with E-state index in [1.54, 1.807) is 14.2 Å². The van der Waals surface area contributed by atoms with Gasteiger partial charge in [-0.15, -0.1) is 0 Å². The first-order valence-electron chi connectivity index (χ1n) is 8.67. The second kappa shape index (κ2) is 7.95. The zero-order valence-electron chi connectivity index (χ0n) is 16.3. The van der Waals surface area contributed by atoms with Crippen LogP contribution in [-0.2, 0) is 0 Å². The minimum Gasteiger partial charge on any atom is -0.495 e. The summed E-state index contributed by atoms with van der Waals surface area (Å²) in [5.41, 5.74) is 4.77. The number of hydrogen-bond acceptors (Lipinski definition) is 6. The zero-order chi connectivity index (χ0) is 19.4. The zero-order valence-corrected chi connectivity index (χ0v) is 16.3. The molecule has 3 rings (SSSR count). The van der Waals surface area contributed by atoms with E-state index < -0.39 is 0 Å². The van der Waals surface area contributed by atoms with E-state index in [9.17, 15) is 0 Å². The Morgan fingerprint density at radius 3 is 1.81 bits per heavy atom. The molecule has 0 atom stereocenters. The van der Waals surface area contributed by atoms with Crippen molar-refractivity contribution < 1.29 is 9.47 Å². The summed E-state index contributed by atoms with van der Waals surface area (Å²) in [7, 11) is 3.29. The van der Waals surface area contributed by atoms with Crippen LogP contribution in [0.4, 0.5) is 23.1 Å². The number of benzene rings is 2. The number of anilines is 4. The molecule has 140 valence electrons. The van der Waals surface area contributed by atoms with Gasteiger partial charge in [0.1, 0.15) is 17.3 Å². The first-order valence-corrected chi connectivity index (χ1v) is 8.67. The molecule has 0 unspecified atom stereocenters. The van der Waals surface area contributed by atoms with Gasteiger partial charge in [-0.2, -0.15) is 4.98 Å². The van der Waals surface area contributed by atoms with Crippen LogP contribution >= 0.6 is 0 Å². The number of rotatable bonds is 6. The summed E-state index contributed by atoms with van der Waals surface area (Å²) in [6.45, 7) is 5.99. The molecule has 1 heterocycles. The minimum atomic E-state index is 0.494. The Balaban J connectivity index is 1.92. The van der Waals surface area contributed by atoms with Gasteiger partial charge in [-0.25, -0.2) is 4.98 Å². The van der Waals surface area contributed by atoms with E-state index in [1.807, 2.05) is 63.2 Å². The number of nitrogens with one attached hydrogen (secondary N) is 2. The lowest BCUT2D eigenvalue weighted by molar-refractivity contribution is 0.416. The highest BCUT2D eigenvalue weighted by Crippen LogP contribution is 2.30. The van der Waals surface area contributed by atoms with Gasteiger partial charge in [0.15, 0.2) is 0 Å². The quantitative estimate of drug-likeness (QED) is 0.648. The molecule has 0 aliphatic rings. The average Bonchev–Trinajstić information content (AvgIpc) is 2.61. The maximum atomic E-state index is 5.43. The second-order valence-corrected chi connectivity index (χ2v) is 6.38. The molecule has 0 bridgehead atoms. The van der Waals surface area contributed by atoms with E-state index in [0.29, 0.717) is 11.8 Å². The van der Waals surface area contributed by atoms with Crippen LogP contribution in [0.15, 0.2) is 42.5 Å². The molecule has 0 saturated carbocycles. The fourth-order valence-corrected chi connectivity index (χ4v) is 2.79. The van der Waals surface area contributed by atoms with Gasteiger partial charge < -0.3 is 20.1 Å². The molecule has 0 spiro atoms. The first kappa shape index (κ1) is 18.5. The minimum absolute atomic E-state index is 0.494. The Morgan fingerprint density at radius 2 is 1.26 bits per heavy atom. The maximum absolute atomic E-state index is 5.43. The summed E-state index contributed by atoms with van der Waals surface area (Å²) in [5.74, 6) is 2.67. The second-order valence-electron chi connectivity index (χ2n) is 6.38. The summed E-state index contributed by atoms with van der Waals surface area (Å²) >= 11 is 0. The molecule has 2 N–H and O–H groups in total. The molecule has 2 aromatic carbocycles. The Kier molecular flexibility index (Phi) is 5.45. The largest absolute Gasteiger partial charge is 0.495 e. The van der Waals surface area contributed by atoms with Gasteiger partial charge >= 0.3 is 0 Å². The van der Waals surface area contributed by atoms with Gasteiger partial charge in [0.05, 0.1) is 25.6 Å². The highest BCUT2D eigenvalue weighted by Gasteiger charge is 2.09.